The van der Waals surface area contributed by atoms with Gasteiger partial charge in [0.25, 0.3) is 0 Å². The van der Waals surface area contributed by atoms with Crippen LogP contribution in [0.5, 0.6) is 0 Å². The fraction of sp³-hybridized carbons (Fsp3) is 0.429. The van der Waals surface area contributed by atoms with Crippen molar-refractivity contribution in [2.24, 2.45) is 0 Å². The highest BCUT2D eigenvalue weighted by molar-refractivity contribution is 7.80. The van der Waals surface area contributed by atoms with Gasteiger partial charge in [-0.15, -0.1) is 0 Å². The molecule has 0 unspecified atom stereocenters. The number of benzene rings is 1. The summed E-state index contributed by atoms with van der Waals surface area (Å²) < 4.78 is 2.41. The van der Waals surface area contributed by atoms with Crippen LogP contribution in [0.4, 0.5) is 0 Å². The zero-order chi connectivity index (χ0) is 23.1. The van der Waals surface area contributed by atoms with Gasteiger partial charge in [0.05, 0.1) is 17.8 Å². The maximum absolute atomic E-state index is 5.97. The maximum atomic E-state index is 5.97. The Morgan fingerprint density at radius 1 is 0.939 bits per heavy atom. The van der Waals surface area contributed by atoms with Gasteiger partial charge < -0.3 is 14.8 Å². The van der Waals surface area contributed by atoms with Crippen LogP contribution in [-0.2, 0) is 0 Å². The van der Waals surface area contributed by atoms with Crippen LogP contribution in [0.15, 0.2) is 48.7 Å². The van der Waals surface area contributed by atoms with Gasteiger partial charge in [-0.2, -0.15) is 0 Å². The molecule has 2 aliphatic rings. The van der Waals surface area contributed by atoms with E-state index in [1.54, 1.807) is 0 Å². The number of aryl methyl sites for hydroxylation is 3. The first-order valence-electron chi connectivity index (χ1n) is 12.2. The van der Waals surface area contributed by atoms with Crippen molar-refractivity contribution in [3.8, 4) is 5.69 Å². The molecule has 172 valence electrons. The molecule has 5 rings (SSSR count). The average molecular weight is 459 g/mol. The van der Waals surface area contributed by atoms with Gasteiger partial charge in [0, 0.05) is 29.3 Å². The Hall–Kier alpha value is -2.66. The van der Waals surface area contributed by atoms with Crippen molar-refractivity contribution >= 4 is 17.3 Å². The molecule has 2 aromatic heterocycles. The Balaban J connectivity index is 1.64. The Bertz CT molecular complexity index is 1140. The van der Waals surface area contributed by atoms with Gasteiger partial charge in [0.1, 0.15) is 0 Å². The topological polar surface area (TPSA) is 33.1 Å². The average Bonchev–Trinajstić information content (AvgIpc) is 3.29. The number of nitrogens with zero attached hydrogens (tertiary/aromatic N) is 3. The number of rotatable bonds is 4. The summed E-state index contributed by atoms with van der Waals surface area (Å²) >= 11 is 5.97. The third kappa shape index (κ3) is 4.08. The number of aromatic nitrogens is 2. The van der Waals surface area contributed by atoms with Crippen molar-refractivity contribution < 1.29 is 0 Å². The third-order valence-electron chi connectivity index (χ3n) is 7.36. The van der Waals surface area contributed by atoms with Gasteiger partial charge in [-0.05, 0) is 99.8 Å². The summed E-state index contributed by atoms with van der Waals surface area (Å²) in [7, 11) is 0. The predicted molar refractivity (Wildman–Crippen MR) is 139 cm³/mol. The molecule has 5 heteroatoms. The number of thiocarbonyl (C=S) groups is 1. The van der Waals surface area contributed by atoms with Gasteiger partial charge in [-0.25, -0.2) is 0 Å². The van der Waals surface area contributed by atoms with E-state index >= 15 is 0 Å². The van der Waals surface area contributed by atoms with Crippen LogP contribution in [0, 0.1) is 27.7 Å². The predicted octanol–water partition coefficient (Wildman–Crippen LogP) is 6.41. The van der Waals surface area contributed by atoms with Crippen LogP contribution in [0.3, 0.4) is 0 Å². The van der Waals surface area contributed by atoms with Crippen molar-refractivity contribution in [1.82, 2.24) is 19.8 Å². The van der Waals surface area contributed by atoms with Gasteiger partial charge in [0.15, 0.2) is 5.11 Å². The van der Waals surface area contributed by atoms with Crippen molar-refractivity contribution in [1.29, 1.82) is 0 Å². The molecule has 2 fully saturated rings. The smallest absolute Gasteiger partial charge is 0.170 e. The van der Waals surface area contributed by atoms with E-state index in [1.807, 2.05) is 12.3 Å². The molecule has 4 nitrogen and oxygen atoms in total. The lowest BCUT2D eigenvalue weighted by Gasteiger charge is -2.37. The minimum Gasteiger partial charge on any atom is -0.352 e. The highest BCUT2D eigenvalue weighted by Crippen LogP contribution is 2.44. The molecular formula is C28H34N4S. The molecule has 2 atom stereocenters. The highest BCUT2D eigenvalue weighted by Gasteiger charge is 2.44. The summed E-state index contributed by atoms with van der Waals surface area (Å²) in [6, 6.07) is 16.0. The first-order valence-corrected chi connectivity index (χ1v) is 12.6. The van der Waals surface area contributed by atoms with Crippen molar-refractivity contribution in [3.63, 3.8) is 0 Å². The van der Waals surface area contributed by atoms with Crippen LogP contribution in [-0.4, -0.2) is 25.6 Å². The molecular weight excluding hydrogens is 424 g/mol. The first kappa shape index (κ1) is 22.1. The summed E-state index contributed by atoms with van der Waals surface area (Å²) in [4.78, 5) is 7.25. The molecule has 1 saturated carbocycles. The lowest BCUT2D eigenvalue weighted by Crippen LogP contribution is -2.40. The zero-order valence-electron chi connectivity index (χ0n) is 20.1. The molecule has 0 radical (unpaired) electrons. The molecule has 3 aromatic rings. The molecule has 1 aromatic carbocycles. The standard InChI is InChI=1S/C28H34N4S/c1-18-14-19(2)16-23(15-18)31-20(3)17-24(21(31)4)27-26(25-12-8-9-13-29-25)30-28(33)32(27)22-10-6-5-7-11-22/h8-9,12-17,22,26-27H,5-7,10-11H2,1-4H3,(H,30,33)/t26-,27+/m1/s1. The van der Waals surface area contributed by atoms with Crippen molar-refractivity contribution in [2.75, 3.05) is 0 Å². The summed E-state index contributed by atoms with van der Waals surface area (Å²) in [5.41, 5.74) is 8.76. The first-order chi connectivity index (χ1) is 15.9. The van der Waals surface area contributed by atoms with Crippen molar-refractivity contribution in [2.45, 2.75) is 77.9 Å². The second-order valence-corrected chi connectivity index (χ2v) is 10.2. The van der Waals surface area contributed by atoms with Crippen LogP contribution in [0.2, 0.25) is 0 Å². The Morgan fingerprint density at radius 3 is 2.33 bits per heavy atom. The van der Waals surface area contributed by atoms with Crippen LogP contribution < -0.4 is 5.32 Å². The van der Waals surface area contributed by atoms with Gasteiger partial charge in [-0.1, -0.05) is 31.4 Å². The van der Waals surface area contributed by atoms with Crippen LogP contribution in [0.25, 0.3) is 5.69 Å². The fourth-order valence-electron chi connectivity index (χ4n) is 6.01. The maximum Gasteiger partial charge on any atom is 0.170 e. The van der Waals surface area contributed by atoms with E-state index in [9.17, 15) is 0 Å². The largest absolute Gasteiger partial charge is 0.352 e. The SMILES string of the molecule is Cc1cc(C)cc(-n2c(C)cc([C@H]3[C@@H](c4ccccn4)NC(=S)N3C3CCCCC3)c2C)c1. The quantitative estimate of drug-likeness (QED) is 0.458. The summed E-state index contributed by atoms with van der Waals surface area (Å²) in [5.74, 6) is 0. The molecule has 1 saturated heterocycles. The second-order valence-electron chi connectivity index (χ2n) is 9.83. The number of nitrogens with one attached hydrogen (secondary N) is 1. The van der Waals surface area contributed by atoms with E-state index in [2.05, 4.69) is 78.9 Å². The van der Waals surface area contributed by atoms with Gasteiger partial charge >= 0.3 is 0 Å². The van der Waals surface area contributed by atoms with Gasteiger partial charge in [-0.3, -0.25) is 4.98 Å². The van der Waals surface area contributed by atoms with E-state index < -0.39 is 0 Å². The number of hydrogen-bond acceptors (Lipinski definition) is 2. The lowest BCUT2D eigenvalue weighted by atomic mass is 9.90. The molecule has 1 N–H and O–H groups in total. The number of pyridine rings is 1. The Labute approximate surface area is 203 Å². The molecule has 1 aliphatic carbocycles. The minimum absolute atomic E-state index is 0.0498. The zero-order valence-corrected chi connectivity index (χ0v) is 21.0. The molecule has 33 heavy (non-hydrogen) atoms. The molecule has 3 heterocycles. The number of hydrogen-bond donors (Lipinski definition) is 1. The monoisotopic (exact) mass is 458 g/mol. The van der Waals surface area contributed by atoms with E-state index in [4.69, 9.17) is 17.2 Å². The highest BCUT2D eigenvalue weighted by atomic mass is 32.1. The lowest BCUT2D eigenvalue weighted by molar-refractivity contribution is 0.197. The Morgan fingerprint density at radius 2 is 1.67 bits per heavy atom. The van der Waals surface area contributed by atoms with E-state index in [0.29, 0.717) is 6.04 Å². The molecule has 0 spiro atoms. The summed E-state index contributed by atoms with van der Waals surface area (Å²) in [5, 5.41) is 4.54. The molecule has 0 bridgehead atoms. The van der Waals surface area contributed by atoms with Crippen LogP contribution >= 0.6 is 12.2 Å². The van der Waals surface area contributed by atoms with Crippen LogP contribution in [0.1, 0.15) is 78.0 Å². The Kier molecular flexibility index (Phi) is 6.00. The molecule has 1 aliphatic heterocycles. The fourth-order valence-corrected chi connectivity index (χ4v) is 6.40. The van der Waals surface area contributed by atoms with E-state index in [1.165, 1.54) is 65.9 Å². The minimum atomic E-state index is 0.0498. The normalized spacial score (nSPS) is 21.5. The van der Waals surface area contributed by atoms with Gasteiger partial charge in [0.2, 0.25) is 0 Å². The summed E-state index contributed by atoms with van der Waals surface area (Å²) in [6.45, 7) is 8.82. The second kappa shape index (κ2) is 8.94. The van der Waals surface area contributed by atoms with E-state index in [0.717, 1.165) is 10.8 Å². The van der Waals surface area contributed by atoms with E-state index in [-0.39, 0.29) is 12.1 Å². The molecule has 0 amide bonds. The third-order valence-corrected chi connectivity index (χ3v) is 7.69. The summed E-state index contributed by atoms with van der Waals surface area (Å²) in [6.07, 6.45) is 8.21. The van der Waals surface area contributed by atoms with Crippen molar-refractivity contribution in [3.05, 3.63) is 82.4 Å².